The topological polar surface area (TPSA) is 29.1 Å². The van der Waals surface area contributed by atoms with Gasteiger partial charge < -0.3 is 5.32 Å². The first-order valence-electron chi connectivity index (χ1n) is 2.41. The van der Waals surface area contributed by atoms with E-state index in [1.54, 1.807) is 0 Å². The Balaban J connectivity index is 2.59. The molecule has 1 N–H and O–H groups in total. The number of carbonyl (C=O) groups excluding carboxylic acids is 1. The molecule has 1 aliphatic heterocycles. The zero-order valence-electron chi connectivity index (χ0n) is 4.62. The first-order chi connectivity index (χ1) is 3.13. The molecule has 40 valence electrons. The van der Waals surface area contributed by atoms with Gasteiger partial charge in [0.25, 0.3) is 0 Å². The molecule has 0 aliphatic carbocycles. The lowest BCUT2D eigenvalue weighted by atomic mass is 9.86. The summed E-state index contributed by atoms with van der Waals surface area (Å²) >= 11 is 0. The summed E-state index contributed by atoms with van der Waals surface area (Å²) in [7, 11) is 0. The van der Waals surface area contributed by atoms with Crippen LogP contribution >= 0.6 is 0 Å². The van der Waals surface area contributed by atoms with Gasteiger partial charge in [-0.15, -0.1) is 0 Å². The maximum atomic E-state index is 10.4. The maximum Gasteiger partial charge on any atom is 0.227 e. The second-order valence-electron chi connectivity index (χ2n) is 2.57. The molecule has 2 heteroatoms. The molecule has 0 aromatic carbocycles. The van der Waals surface area contributed by atoms with Crippen molar-refractivity contribution in [1.29, 1.82) is 0 Å². The van der Waals surface area contributed by atoms with E-state index < -0.39 is 0 Å². The van der Waals surface area contributed by atoms with E-state index >= 15 is 0 Å². The van der Waals surface area contributed by atoms with Crippen molar-refractivity contribution in [3.05, 3.63) is 0 Å². The lowest BCUT2D eigenvalue weighted by molar-refractivity contribution is -0.137. The van der Waals surface area contributed by atoms with Crippen LogP contribution in [0.5, 0.6) is 0 Å². The number of β-lactam (4-membered cyclic amide) rings is 1. The van der Waals surface area contributed by atoms with E-state index in [2.05, 4.69) is 5.32 Å². The Bertz CT molecular complexity index is 107. The standard InChI is InChI=1S/C5H9NO/c1-5(2)3-6-4(5)7/h3H2,1-2H3,(H,6,7). The molecular formula is C5H9NO. The zero-order valence-corrected chi connectivity index (χ0v) is 4.62. The van der Waals surface area contributed by atoms with E-state index in [0.29, 0.717) is 0 Å². The molecule has 1 saturated heterocycles. The summed E-state index contributed by atoms with van der Waals surface area (Å²) < 4.78 is 0. The summed E-state index contributed by atoms with van der Waals surface area (Å²) in [5, 5.41) is 2.66. The molecular weight excluding hydrogens is 90.1 g/mol. The van der Waals surface area contributed by atoms with E-state index in [-0.39, 0.29) is 11.3 Å². The molecule has 0 spiro atoms. The lowest BCUT2D eigenvalue weighted by Crippen LogP contribution is -2.55. The number of nitrogens with one attached hydrogen (secondary N) is 1. The van der Waals surface area contributed by atoms with E-state index in [9.17, 15) is 4.79 Å². The molecule has 0 radical (unpaired) electrons. The third-order valence-electron chi connectivity index (χ3n) is 1.31. The van der Waals surface area contributed by atoms with Gasteiger partial charge in [-0.3, -0.25) is 4.79 Å². The molecule has 2 nitrogen and oxygen atoms in total. The minimum absolute atomic E-state index is 0.0694. The van der Waals surface area contributed by atoms with Crippen LogP contribution in [0.25, 0.3) is 0 Å². The average molecular weight is 99.1 g/mol. The van der Waals surface area contributed by atoms with Gasteiger partial charge in [-0.2, -0.15) is 0 Å². The predicted molar refractivity (Wildman–Crippen MR) is 26.8 cm³/mol. The second-order valence-corrected chi connectivity index (χ2v) is 2.57. The lowest BCUT2D eigenvalue weighted by Gasteiger charge is -2.33. The Kier molecular flexibility index (Phi) is 0.659. The number of hydrogen-bond acceptors (Lipinski definition) is 1. The Morgan fingerprint density at radius 3 is 2.14 bits per heavy atom. The van der Waals surface area contributed by atoms with Crippen molar-refractivity contribution < 1.29 is 4.79 Å². The molecule has 0 aromatic rings. The van der Waals surface area contributed by atoms with Crippen molar-refractivity contribution in [3.63, 3.8) is 0 Å². The molecule has 0 saturated carbocycles. The van der Waals surface area contributed by atoms with Gasteiger partial charge >= 0.3 is 0 Å². The number of hydrogen-bond donors (Lipinski definition) is 1. The quantitative estimate of drug-likeness (QED) is 0.430. The van der Waals surface area contributed by atoms with Crippen LogP contribution in [0.2, 0.25) is 0 Å². The first-order valence-corrected chi connectivity index (χ1v) is 2.41. The van der Waals surface area contributed by atoms with E-state index in [0.717, 1.165) is 6.54 Å². The van der Waals surface area contributed by atoms with Crippen molar-refractivity contribution in [2.24, 2.45) is 5.41 Å². The third-order valence-corrected chi connectivity index (χ3v) is 1.31. The van der Waals surface area contributed by atoms with Crippen LogP contribution < -0.4 is 5.32 Å². The molecule has 1 amide bonds. The Labute approximate surface area is 42.9 Å². The van der Waals surface area contributed by atoms with Gasteiger partial charge in [0.2, 0.25) is 5.91 Å². The maximum absolute atomic E-state index is 10.4. The van der Waals surface area contributed by atoms with Crippen LogP contribution in [0.3, 0.4) is 0 Å². The van der Waals surface area contributed by atoms with Crippen LogP contribution in [0.4, 0.5) is 0 Å². The average Bonchev–Trinajstić information content (AvgIpc) is 1.63. The van der Waals surface area contributed by atoms with Gasteiger partial charge in [0.05, 0.1) is 5.41 Å². The molecule has 0 bridgehead atoms. The predicted octanol–water partition coefficient (Wildman–Crippen LogP) is 0.142. The summed E-state index contributed by atoms with van der Waals surface area (Å²) in [5.41, 5.74) is -0.0694. The van der Waals surface area contributed by atoms with Gasteiger partial charge in [-0.25, -0.2) is 0 Å². The summed E-state index contributed by atoms with van der Waals surface area (Å²) in [5.74, 6) is 0.174. The SMILES string of the molecule is CC1(C)CNC1=O. The van der Waals surface area contributed by atoms with Gasteiger partial charge in [0.1, 0.15) is 0 Å². The highest BCUT2D eigenvalue weighted by Crippen LogP contribution is 2.20. The Morgan fingerprint density at radius 2 is 2.14 bits per heavy atom. The summed E-state index contributed by atoms with van der Waals surface area (Å²) in [6.45, 7) is 4.71. The fourth-order valence-electron chi connectivity index (χ4n) is 0.514. The molecule has 0 atom stereocenters. The molecule has 7 heavy (non-hydrogen) atoms. The van der Waals surface area contributed by atoms with Gasteiger partial charge in [-0.05, 0) is 13.8 Å². The largest absolute Gasteiger partial charge is 0.355 e. The van der Waals surface area contributed by atoms with Gasteiger partial charge in [-0.1, -0.05) is 0 Å². The van der Waals surface area contributed by atoms with Crippen molar-refractivity contribution in [2.45, 2.75) is 13.8 Å². The second kappa shape index (κ2) is 0.997. The summed E-state index contributed by atoms with van der Waals surface area (Å²) in [6.07, 6.45) is 0. The summed E-state index contributed by atoms with van der Waals surface area (Å²) in [6, 6.07) is 0. The highest BCUT2D eigenvalue weighted by molar-refractivity contribution is 5.87. The number of amides is 1. The zero-order chi connectivity index (χ0) is 5.49. The monoisotopic (exact) mass is 99.1 g/mol. The highest BCUT2D eigenvalue weighted by Gasteiger charge is 2.35. The molecule has 1 fully saturated rings. The Hall–Kier alpha value is -0.530. The first kappa shape index (κ1) is 4.62. The smallest absolute Gasteiger partial charge is 0.227 e. The normalized spacial score (nSPS) is 25.7. The molecule has 1 aliphatic rings. The fraction of sp³-hybridized carbons (Fsp3) is 0.800. The molecule has 1 heterocycles. The number of carbonyl (C=O) groups is 1. The van der Waals surface area contributed by atoms with Crippen molar-refractivity contribution >= 4 is 5.91 Å². The van der Waals surface area contributed by atoms with Crippen LogP contribution in [-0.4, -0.2) is 12.5 Å². The Morgan fingerprint density at radius 1 is 1.71 bits per heavy atom. The fourth-order valence-corrected chi connectivity index (χ4v) is 0.514. The van der Waals surface area contributed by atoms with Crippen LogP contribution in [0, 0.1) is 5.41 Å². The molecule has 0 unspecified atom stereocenters. The van der Waals surface area contributed by atoms with Gasteiger partial charge in [0, 0.05) is 6.54 Å². The van der Waals surface area contributed by atoms with Gasteiger partial charge in [0.15, 0.2) is 0 Å². The van der Waals surface area contributed by atoms with E-state index in [1.165, 1.54) is 0 Å². The van der Waals surface area contributed by atoms with Crippen LogP contribution in [0.1, 0.15) is 13.8 Å². The van der Waals surface area contributed by atoms with Crippen molar-refractivity contribution in [1.82, 2.24) is 5.32 Å². The minimum Gasteiger partial charge on any atom is -0.355 e. The van der Waals surface area contributed by atoms with Crippen LogP contribution in [0.15, 0.2) is 0 Å². The highest BCUT2D eigenvalue weighted by atomic mass is 16.2. The van der Waals surface area contributed by atoms with E-state index in [1.807, 2.05) is 13.8 Å². The molecule has 1 rings (SSSR count). The number of rotatable bonds is 0. The third kappa shape index (κ3) is 0.501. The molecule has 0 aromatic heterocycles. The van der Waals surface area contributed by atoms with Crippen molar-refractivity contribution in [3.8, 4) is 0 Å². The van der Waals surface area contributed by atoms with E-state index in [4.69, 9.17) is 0 Å². The summed E-state index contributed by atoms with van der Waals surface area (Å²) in [4.78, 5) is 10.4. The van der Waals surface area contributed by atoms with Crippen LogP contribution in [-0.2, 0) is 4.79 Å². The minimum atomic E-state index is -0.0694. The van der Waals surface area contributed by atoms with Crippen molar-refractivity contribution in [2.75, 3.05) is 6.54 Å².